The van der Waals surface area contributed by atoms with Gasteiger partial charge in [-0.15, -0.1) is 0 Å². The molecule has 1 heterocycles. The van der Waals surface area contributed by atoms with Crippen molar-refractivity contribution < 1.29 is 19.3 Å². The van der Waals surface area contributed by atoms with Gasteiger partial charge in [-0.05, 0) is 0 Å². The summed E-state index contributed by atoms with van der Waals surface area (Å²) in [5, 5.41) is 9.32. The van der Waals surface area contributed by atoms with Crippen LogP contribution in [0.4, 0.5) is 0 Å². The van der Waals surface area contributed by atoms with Crippen LogP contribution in [-0.2, 0) is 14.2 Å². The number of hydrogen-bond acceptors (Lipinski definition) is 4. The maximum absolute atomic E-state index is 11.4. The van der Waals surface area contributed by atoms with Gasteiger partial charge >= 0.3 is 111 Å². The van der Waals surface area contributed by atoms with Crippen molar-refractivity contribution in [2.75, 3.05) is 6.44 Å². The number of aliphatic carboxylic acids is 1. The minimum atomic E-state index is -1.02. The maximum atomic E-state index is 11.4. The predicted molar refractivity (Wildman–Crippen MR) is 68.9 cm³/mol. The Morgan fingerprint density at radius 3 is 2.58 bits per heavy atom. The van der Waals surface area contributed by atoms with Gasteiger partial charge in [0.25, 0.3) is 0 Å². The van der Waals surface area contributed by atoms with Crippen LogP contribution in [0.25, 0.3) is 0 Å². The van der Waals surface area contributed by atoms with Gasteiger partial charge < -0.3 is 0 Å². The Kier molecular flexibility index (Phi) is 3.82. The molecule has 1 aromatic carbocycles. The van der Waals surface area contributed by atoms with Crippen LogP contribution in [-0.4, -0.2) is 41.4 Å². The first-order valence-electron chi connectivity index (χ1n) is 6.13. The summed E-state index contributed by atoms with van der Waals surface area (Å²) in [6.07, 6.45) is -0.839. The van der Waals surface area contributed by atoms with Crippen LogP contribution in [0.15, 0.2) is 30.3 Å². The number of nitrogens with zero attached hydrogens (tertiary/aromatic N) is 1. The third kappa shape index (κ3) is 2.59. The van der Waals surface area contributed by atoms with Gasteiger partial charge in [0.1, 0.15) is 0 Å². The summed E-state index contributed by atoms with van der Waals surface area (Å²) in [5.74, 6) is -1.02. The van der Waals surface area contributed by atoms with Crippen molar-refractivity contribution >= 4 is 13.1 Å². The summed E-state index contributed by atoms with van der Waals surface area (Å²) >= 11 is 0. The van der Waals surface area contributed by atoms with Crippen molar-refractivity contribution in [3.8, 4) is 0 Å². The van der Waals surface area contributed by atoms with E-state index in [2.05, 4.69) is 0 Å². The average Bonchev–Trinajstić information content (AvgIpc) is 2.63. The molecule has 0 aromatic heterocycles. The van der Waals surface area contributed by atoms with E-state index in [9.17, 15) is 14.6 Å². The van der Waals surface area contributed by atoms with E-state index in [4.69, 9.17) is 4.74 Å². The molecule has 6 heteroatoms. The van der Waals surface area contributed by atoms with Crippen LogP contribution in [0, 0.1) is 0 Å². The first kappa shape index (κ1) is 13.9. The van der Waals surface area contributed by atoms with Crippen molar-refractivity contribution in [2.24, 2.45) is 0 Å². The topological polar surface area (TPSA) is 66.8 Å². The van der Waals surface area contributed by atoms with Gasteiger partial charge in [-0.1, -0.05) is 0 Å². The number of carboxylic acid groups (broad SMARTS) is 1. The quantitative estimate of drug-likeness (QED) is 0.826. The first-order chi connectivity index (χ1) is 8.97. The van der Waals surface area contributed by atoms with Gasteiger partial charge in [0.05, 0.1) is 0 Å². The Morgan fingerprint density at radius 2 is 2.05 bits per heavy atom. The summed E-state index contributed by atoms with van der Waals surface area (Å²) in [5.41, 5.74) is 0.0483. The molecule has 1 aliphatic heterocycles. The number of carboxylic acids is 1. The van der Waals surface area contributed by atoms with E-state index < -0.39 is 23.8 Å². The molecule has 0 amide bonds. The zero-order valence-electron chi connectivity index (χ0n) is 10.9. The molecule has 100 valence electrons. The van der Waals surface area contributed by atoms with Crippen molar-refractivity contribution in [3.05, 3.63) is 35.9 Å². The molecule has 0 spiro atoms. The van der Waals surface area contributed by atoms with E-state index in [1.807, 2.05) is 30.3 Å². The molecule has 0 bridgehead atoms. The normalized spacial score (nSPS) is 26.0. The molecule has 2 unspecified atom stereocenters. The van der Waals surface area contributed by atoms with Gasteiger partial charge in [-0.2, -0.15) is 0 Å². The van der Waals surface area contributed by atoms with Gasteiger partial charge in [0.15, 0.2) is 0 Å². The van der Waals surface area contributed by atoms with Crippen LogP contribution in [0.2, 0.25) is 0 Å². The van der Waals surface area contributed by atoms with E-state index in [0.717, 1.165) is 12.7 Å². The molecule has 1 saturated heterocycles. The molecular formula is C13H16BNO4. The monoisotopic (exact) mass is 261 g/mol. The summed E-state index contributed by atoms with van der Waals surface area (Å²) in [4.78, 5) is 13.2. The standard InChI is InChI=1S/C13H16BNO4/c1-13(2)15(8-14-18)10(11(19-13)12(16)17)9-6-4-3-5-7-9/h3-7,10-11H,8H2,1-2H3,(H,16,17). The van der Waals surface area contributed by atoms with Gasteiger partial charge in [-0.25, -0.2) is 0 Å². The summed E-state index contributed by atoms with van der Waals surface area (Å²) in [6, 6.07) is 8.80. The fourth-order valence-electron chi connectivity index (χ4n) is 2.55. The Hall–Kier alpha value is -1.53. The van der Waals surface area contributed by atoms with Crippen molar-refractivity contribution in [1.82, 2.24) is 4.90 Å². The molecule has 2 atom stereocenters. The minimum absolute atomic E-state index is 0.135. The van der Waals surface area contributed by atoms with Crippen LogP contribution in [0.3, 0.4) is 0 Å². The van der Waals surface area contributed by atoms with E-state index in [0.29, 0.717) is 0 Å². The van der Waals surface area contributed by atoms with Gasteiger partial charge in [0.2, 0.25) is 0 Å². The molecule has 1 aliphatic rings. The summed E-state index contributed by atoms with van der Waals surface area (Å²) < 4.78 is 16.5. The molecule has 5 nitrogen and oxygen atoms in total. The molecule has 0 saturated carbocycles. The number of carbonyl (C=O) groups is 1. The molecule has 1 aromatic rings. The number of benzene rings is 1. The molecule has 0 radical (unpaired) electrons. The predicted octanol–water partition coefficient (Wildman–Crippen LogP) is 1.26. The molecule has 1 N–H and O–H groups in total. The number of rotatable bonds is 4. The number of ether oxygens (including phenoxy) is 1. The molecule has 2 rings (SSSR count). The van der Waals surface area contributed by atoms with E-state index in [-0.39, 0.29) is 6.44 Å². The van der Waals surface area contributed by atoms with E-state index in [1.165, 1.54) is 0 Å². The fourth-order valence-corrected chi connectivity index (χ4v) is 2.55. The molecule has 19 heavy (non-hydrogen) atoms. The van der Waals surface area contributed by atoms with Crippen molar-refractivity contribution in [1.29, 1.82) is 0 Å². The van der Waals surface area contributed by atoms with Crippen LogP contribution in [0.1, 0.15) is 25.5 Å². The Bertz CT molecular complexity index is 477. The fraction of sp³-hybridized carbons (Fsp3) is 0.462. The van der Waals surface area contributed by atoms with Gasteiger partial charge in [0, 0.05) is 0 Å². The second-order valence-electron chi connectivity index (χ2n) is 5.00. The third-order valence-electron chi connectivity index (χ3n) is 3.39. The average molecular weight is 261 g/mol. The zero-order valence-corrected chi connectivity index (χ0v) is 10.9. The van der Waals surface area contributed by atoms with Crippen molar-refractivity contribution in [2.45, 2.75) is 31.7 Å². The molecule has 0 aliphatic carbocycles. The Morgan fingerprint density at radius 1 is 1.42 bits per heavy atom. The summed E-state index contributed by atoms with van der Waals surface area (Å²) in [7, 11) is 0.769. The SMILES string of the molecule is CC1(C)OC(C(=O)O)C(c2ccccc2)N1CB=O. The molecule has 1 fully saturated rings. The third-order valence-corrected chi connectivity index (χ3v) is 3.39. The number of hydrogen-bond donors (Lipinski definition) is 1. The second-order valence-corrected chi connectivity index (χ2v) is 5.00. The van der Waals surface area contributed by atoms with Crippen LogP contribution >= 0.6 is 0 Å². The zero-order chi connectivity index (χ0) is 14.0. The second kappa shape index (κ2) is 5.23. The van der Waals surface area contributed by atoms with E-state index in [1.54, 1.807) is 18.7 Å². The van der Waals surface area contributed by atoms with Crippen molar-refractivity contribution in [3.63, 3.8) is 0 Å². The van der Waals surface area contributed by atoms with Crippen LogP contribution in [0.5, 0.6) is 0 Å². The Balaban J connectivity index is 2.43. The molecular weight excluding hydrogens is 245 g/mol. The van der Waals surface area contributed by atoms with Gasteiger partial charge in [-0.3, -0.25) is 0 Å². The summed E-state index contributed by atoms with van der Waals surface area (Å²) in [6.45, 7) is 3.55. The Labute approximate surface area is 112 Å². The first-order valence-corrected chi connectivity index (χ1v) is 6.13. The van der Waals surface area contributed by atoms with E-state index >= 15 is 0 Å². The van der Waals surface area contributed by atoms with Crippen LogP contribution < -0.4 is 0 Å².